The molecular formula is C20H25NO2S. The van der Waals surface area contributed by atoms with Crippen molar-refractivity contribution in [2.45, 2.75) is 32.6 Å². The van der Waals surface area contributed by atoms with E-state index in [-0.39, 0.29) is 5.41 Å². The fourth-order valence-electron chi connectivity index (χ4n) is 2.21. The van der Waals surface area contributed by atoms with E-state index in [0.29, 0.717) is 11.4 Å². The number of aryl methyl sites for hydroxylation is 1. The highest BCUT2D eigenvalue weighted by Gasteiger charge is 2.24. The summed E-state index contributed by atoms with van der Waals surface area (Å²) in [6, 6.07) is 16.9. The lowest BCUT2D eigenvalue weighted by atomic mass is 9.84. The van der Waals surface area contributed by atoms with Crippen molar-refractivity contribution in [2.75, 3.05) is 6.54 Å². The maximum absolute atomic E-state index is 12.4. The second-order valence-electron chi connectivity index (χ2n) is 6.76. The topological polar surface area (TPSA) is 46.2 Å². The van der Waals surface area contributed by atoms with E-state index in [1.54, 1.807) is 24.3 Å². The van der Waals surface area contributed by atoms with Crippen molar-refractivity contribution in [3.8, 4) is 0 Å². The van der Waals surface area contributed by atoms with E-state index in [9.17, 15) is 8.42 Å². The SMILES string of the molecule is C/C(=C\c1ccccc1)C(C)(C)CNS(=O)(=O)c1ccc(C)cc1. The maximum Gasteiger partial charge on any atom is 0.240 e. The van der Waals surface area contributed by atoms with E-state index in [4.69, 9.17) is 0 Å². The van der Waals surface area contributed by atoms with Crippen molar-refractivity contribution in [1.82, 2.24) is 4.72 Å². The summed E-state index contributed by atoms with van der Waals surface area (Å²) in [5.41, 5.74) is 2.99. The van der Waals surface area contributed by atoms with Crippen molar-refractivity contribution in [2.24, 2.45) is 5.41 Å². The molecule has 2 aromatic rings. The standard InChI is InChI=1S/C20H25NO2S/c1-16-10-12-19(13-11-16)24(22,23)21-15-20(3,4)17(2)14-18-8-6-5-7-9-18/h5-14,21H,15H2,1-4H3/b17-14+. The molecule has 0 radical (unpaired) electrons. The molecule has 2 aromatic carbocycles. The van der Waals surface area contributed by atoms with Crippen LogP contribution >= 0.6 is 0 Å². The predicted molar refractivity (Wildman–Crippen MR) is 100 cm³/mol. The number of nitrogens with one attached hydrogen (secondary N) is 1. The molecule has 0 bridgehead atoms. The Morgan fingerprint density at radius 2 is 1.62 bits per heavy atom. The maximum atomic E-state index is 12.4. The molecule has 4 heteroatoms. The molecule has 128 valence electrons. The normalized spacial score (nSPS) is 13.1. The molecule has 0 unspecified atom stereocenters. The van der Waals surface area contributed by atoms with Gasteiger partial charge in [0, 0.05) is 6.54 Å². The summed E-state index contributed by atoms with van der Waals surface area (Å²) in [4.78, 5) is 0.300. The highest BCUT2D eigenvalue weighted by Crippen LogP contribution is 2.27. The predicted octanol–water partition coefficient (Wildman–Crippen LogP) is 4.40. The lowest BCUT2D eigenvalue weighted by molar-refractivity contribution is 0.439. The molecular weight excluding hydrogens is 318 g/mol. The van der Waals surface area contributed by atoms with Crippen molar-refractivity contribution in [1.29, 1.82) is 0 Å². The molecule has 0 saturated carbocycles. The van der Waals surface area contributed by atoms with Gasteiger partial charge >= 0.3 is 0 Å². The minimum Gasteiger partial charge on any atom is -0.210 e. The monoisotopic (exact) mass is 343 g/mol. The van der Waals surface area contributed by atoms with Crippen molar-refractivity contribution in [3.63, 3.8) is 0 Å². The fraction of sp³-hybridized carbons (Fsp3) is 0.300. The van der Waals surface area contributed by atoms with Gasteiger partial charge in [0.05, 0.1) is 4.90 Å². The number of hydrogen-bond acceptors (Lipinski definition) is 2. The molecule has 0 spiro atoms. The van der Waals surface area contributed by atoms with E-state index in [2.05, 4.69) is 10.8 Å². The van der Waals surface area contributed by atoms with Crippen LogP contribution in [0.5, 0.6) is 0 Å². The minimum absolute atomic E-state index is 0.284. The number of sulfonamides is 1. The molecule has 0 amide bonds. The highest BCUT2D eigenvalue weighted by molar-refractivity contribution is 7.89. The average molecular weight is 343 g/mol. The van der Waals surface area contributed by atoms with Crippen LogP contribution in [0.25, 0.3) is 6.08 Å². The van der Waals surface area contributed by atoms with Crippen LogP contribution in [0.15, 0.2) is 65.1 Å². The first kappa shape index (κ1) is 18.4. The first-order valence-electron chi connectivity index (χ1n) is 8.01. The first-order valence-corrected chi connectivity index (χ1v) is 9.49. The zero-order valence-electron chi connectivity index (χ0n) is 14.7. The first-order chi connectivity index (χ1) is 11.2. The molecule has 3 nitrogen and oxygen atoms in total. The van der Waals surface area contributed by atoms with Gasteiger partial charge in [-0.15, -0.1) is 0 Å². The van der Waals surface area contributed by atoms with Gasteiger partial charge in [0.2, 0.25) is 10.0 Å². The largest absolute Gasteiger partial charge is 0.240 e. The second kappa shape index (κ2) is 7.32. The smallest absolute Gasteiger partial charge is 0.210 e. The molecule has 0 aliphatic rings. The van der Waals surface area contributed by atoms with Crippen LogP contribution in [-0.4, -0.2) is 15.0 Å². The Kier molecular flexibility index (Phi) is 5.62. The molecule has 2 rings (SSSR count). The summed E-state index contributed by atoms with van der Waals surface area (Å²) in [5.74, 6) is 0. The van der Waals surface area contributed by atoms with Crippen LogP contribution in [-0.2, 0) is 10.0 Å². The summed E-state index contributed by atoms with van der Waals surface area (Å²) >= 11 is 0. The van der Waals surface area contributed by atoms with Crippen LogP contribution in [0, 0.1) is 12.3 Å². The van der Waals surface area contributed by atoms with Gasteiger partial charge in [-0.25, -0.2) is 13.1 Å². The number of rotatable bonds is 6. The molecule has 0 aliphatic carbocycles. The zero-order chi connectivity index (χ0) is 17.8. The van der Waals surface area contributed by atoms with Gasteiger partial charge in [-0.05, 0) is 37.0 Å². The molecule has 1 N–H and O–H groups in total. The fourth-order valence-corrected chi connectivity index (χ4v) is 3.42. The van der Waals surface area contributed by atoms with Crippen LogP contribution < -0.4 is 4.72 Å². The summed E-state index contributed by atoms with van der Waals surface area (Å²) in [7, 11) is -3.49. The Bertz CT molecular complexity index is 804. The average Bonchev–Trinajstić information content (AvgIpc) is 2.54. The number of hydrogen-bond donors (Lipinski definition) is 1. The summed E-state index contributed by atoms with van der Waals surface area (Å²) < 4.78 is 27.6. The molecule has 0 fully saturated rings. The quantitative estimate of drug-likeness (QED) is 0.845. The van der Waals surface area contributed by atoms with E-state index in [1.807, 2.05) is 58.0 Å². The third-order valence-corrected chi connectivity index (χ3v) is 5.70. The Balaban J connectivity index is 2.11. The van der Waals surface area contributed by atoms with E-state index >= 15 is 0 Å². The van der Waals surface area contributed by atoms with Crippen molar-refractivity contribution < 1.29 is 8.42 Å². The highest BCUT2D eigenvalue weighted by atomic mass is 32.2. The summed E-state index contributed by atoms with van der Waals surface area (Å²) in [6.07, 6.45) is 2.10. The van der Waals surface area contributed by atoms with E-state index < -0.39 is 10.0 Å². The Labute approximate surface area is 145 Å². The van der Waals surface area contributed by atoms with Crippen LogP contribution in [0.2, 0.25) is 0 Å². The van der Waals surface area contributed by atoms with Gasteiger partial charge < -0.3 is 0 Å². The minimum atomic E-state index is -3.49. The molecule has 0 atom stereocenters. The zero-order valence-corrected chi connectivity index (χ0v) is 15.5. The van der Waals surface area contributed by atoms with Crippen LogP contribution in [0.4, 0.5) is 0 Å². The number of benzene rings is 2. The van der Waals surface area contributed by atoms with Gasteiger partial charge in [-0.3, -0.25) is 0 Å². The lowest BCUT2D eigenvalue weighted by Gasteiger charge is -2.26. The Morgan fingerprint density at radius 1 is 1.04 bits per heavy atom. The van der Waals surface area contributed by atoms with Gasteiger partial charge in [0.25, 0.3) is 0 Å². The van der Waals surface area contributed by atoms with Crippen LogP contribution in [0.3, 0.4) is 0 Å². The third-order valence-electron chi connectivity index (χ3n) is 4.29. The third kappa shape index (κ3) is 4.79. The van der Waals surface area contributed by atoms with E-state index in [1.165, 1.54) is 0 Å². The summed E-state index contributed by atoms with van der Waals surface area (Å²) in [5, 5.41) is 0. The molecule has 0 aromatic heterocycles. The lowest BCUT2D eigenvalue weighted by Crippen LogP contribution is -2.34. The van der Waals surface area contributed by atoms with Gasteiger partial charge in [-0.2, -0.15) is 0 Å². The Morgan fingerprint density at radius 3 is 2.21 bits per heavy atom. The van der Waals surface area contributed by atoms with Crippen LogP contribution in [0.1, 0.15) is 31.9 Å². The van der Waals surface area contributed by atoms with Crippen molar-refractivity contribution >= 4 is 16.1 Å². The molecule has 24 heavy (non-hydrogen) atoms. The second-order valence-corrected chi connectivity index (χ2v) is 8.53. The van der Waals surface area contributed by atoms with E-state index in [0.717, 1.165) is 16.7 Å². The van der Waals surface area contributed by atoms with Gasteiger partial charge in [-0.1, -0.05) is 73.5 Å². The summed E-state index contributed by atoms with van der Waals surface area (Å²) in [6.45, 7) is 8.40. The van der Waals surface area contributed by atoms with Crippen molar-refractivity contribution in [3.05, 3.63) is 71.3 Å². The molecule has 0 aliphatic heterocycles. The molecule has 0 saturated heterocycles. The Hall–Kier alpha value is -1.91. The van der Waals surface area contributed by atoms with Gasteiger partial charge in [0.1, 0.15) is 0 Å². The molecule has 0 heterocycles. The van der Waals surface area contributed by atoms with Gasteiger partial charge in [0.15, 0.2) is 0 Å².